The van der Waals surface area contributed by atoms with Crippen LogP contribution in [0.5, 0.6) is 0 Å². The number of rotatable bonds is 3. The number of hydrogen-bond donors (Lipinski definition) is 2. The monoisotopic (exact) mass is 255 g/mol. The molecule has 1 aliphatic heterocycles. The maximum atomic E-state index is 11.3. The molecule has 2 N–H and O–H groups in total. The summed E-state index contributed by atoms with van der Waals surface area (Å²) < 4.78 is 22.7. The summed E-state index contributed by atoms with van der Waals surface area (Å²) in [6.45, 7) is 2.60. The Morgan fingerprint density at radius 1 is 1.35 bits per heavy atom. The van der Waals surface area contributed by atoms with Gasteiger partial charge in [-0.2, -0.15) is 0 Å². The first kappa shape index (κ1) is 12.5. The second kappa shape index (κ2) is 4.76. The molecule has 0 radical (unpaired) electrons. The summed E-state index contributed by atoms with van der Waals surface area (Å²) >= 11 is 0. The number of hydrogen-bond acceptors (Lipinski definition) is 4. The summed E-state index contributed by atoms with van der Waals surface area (Å²) in [6, 6.07) is 7.58. The third-order valence-corrected chi connectivity index (χ3v) is 4.85. The molecule has 2 atom stereocenters. The third kappa shape index (κ3) is 3.06. The molecule has 2 rings (SSSR count). The van der Waals surface area contributed by atoms with E-state index in [4.69, 9.17) is 0 Å². The molecule has 0 aliphatic carbocycles. The van der Waals surface area contributed by atoms with E-state index in [9.17, 15) is 13.5 Å². The van der Waals surface area contributed by atoms with Crippen LogP contribution in [0.1, 0.15) is 11.1 Å². The number of nitrogens with one attached hydrogen (secondary N) is 1. The first-order valence-electron chi connectivity index (χ1n) is 5.64. The Bertz CT molecular complexity index is 498. The zero-order valence-corrected chi connectivity index (χ0v) is 10.6. The Kier molecular flexibility index (Phi) is 3.51. The van der Waals surface area contributed by atoms with Gasteiger partial charge in [0.05, 0.1) is 17.6 Å². The zero-order valence-electron chi connectivity index (χ0n) is 9.76. The van der Waals surface area contributed by atoms with Crippen LogP contribution < -0.4 is 5.32 Å². The van der Waals surface area contributed by atoms with Crippen molar-refractivity contribution in [2.24, 2.45) is 0 Å². The van der Waals surface area contributed by atoms with Crippen LogP contribution in [0.2, 0.25) is 0 Å². The highest BCUT2D eigenvalue weighted by Crippen LogP contribution is 2.14. The summed E-state index contributed by atoms with van der Waals surface area (Å²) in [5.74, 6) is -0.0987. The van der Waals surface area contributed by atoms with Gasteiger partial charge in [0.25, 0.3) is 0 Å². The minimum absolute atomic E-state index is 0.0278. The van der Waals surface area contributed by atoms with E-state index in [0.717, 1.165) is 11.1 Å². The lowest BCUT2D eigenvalue weighted by atomic mass is 10.1. The summed E-state index contributed by atoms with van der Waals surface area (Å²) in [5.41, 5.74) is 2.29. The van der Waals surface area contributed by atoms with Crippen LogP contribution in [0.15, 0.2) is 24.3 Å². The standard InChI is InChI=1S/C12H17NO3S/c1-9-4-2-3-5-10(9)6-13-11-7-17(15,16)8-12(11)14/h2-5,11-14H,6-8H2,1H3. The summed E-state index contributed by atoms with van der Waals surface area (Å²) in [5, 5.41) is 12.7. The quantitative estimate of drug-likeness (QED) is 0.812. The van der Waals surface area contributed by atoms with E-state index in [1.807, 2.05) is 31.2 Å². The van der Waals surface area contributed by atoms with Gasteiger partial charge in [-0.25, -0.2) is 8.42 Å². The average molecular weight is 255 g/mol. The van der Waals surface area contributed by atoms with Crippen LogP contribution in [-0.2, 0) is 16.4 Å². The molecular formula is C12H17NO3S. The Hall–Kier alpha value is -0.910. The molecule has 2 unspecified atom stereocenters. The normalized spacial score (nSPS) is 27.2. The summed E-state index contributed by atoms with van der Waals surface area (Å²) in [6.07, 6.45) is -0.788. The number of benzene rings is 1. The Morgan fingerprint density at radius 2 is 2.06 bits per heavy atom. The van der Waals surface area contributed by atoms with Gasteiger partial charge in [0.15, 0.2) is 9.84 Å². The molecule has 94 valence electrons. The molecule has 4 nitrogen and oxygen atoms in total. The number of aliphatic hydroxyl groups excluding tert-OH is 1. The molecule has 5 heteroatoms. The minimum Gasteiger partial charge on any atom is -0.390 e. The molecule has 0 spiro atoms. The lowest BCUT2D eigenvalue weighted by Gasteiger charge is -2.15. The van der Waals surface area contributed by atoms with Crippen molar-refractivity contribution in [1.82, 2.24) is 5.32 Å². The molecule has 1 fully saturated rings. The number of sulfone groups is 1. The van der Waals surface area contributed by atoms with Crippen LogP contribution in [0.3, 0.4) is 0 Å². The van der Waals surface area contributed by atoms with Crippen LogP contribution in [0.25, 0.3) is 0 Å². The SMILES string of the molecule is Cc1ccccc1CNC1CS(=O)(=O)CC1O. The van der Waals surface area contributed by atoms with E-state index in [1.54, 1.807) is 0 Å². The molecule has 1 aromatic carbocycles. The van der Waals surface area contributed by atoms with Gasteiger partial charge in [-0.15, -0.1) is 0 Å². The van der Waals surface area contributed by atoms with Crippen LogP contribution >= 0.6 is 0 Å². The smallest absolute Gasteiger partial charge is 0.154 e. The first-order valence-corrected chi connectivity index (χ1v) is 7.46. The van der Waals surface area contributed by atoms with E-state index in [0.29, 0.717) is 6.54 Å². The first-order chi connectivity index (χ1) is 7.98. The highest BCUT2D eigenvalue weighted by molar-refractivity contribution is 7.91. The number of aliphatic hydroxyl groups is 1. The van der Waals surface area contributed by atoms with Gasteiger partial charge in [0.1, 0.15) is 0 Å². The Balaban J connectivity index is 1.98. The fourth-order valence-electron chi connectivity index (χ4n) is 2.07. The second-order valence-electron chi connectivity index (χ2n) is 4.56. The maximum absolute atomic E-state index is 11.3. The lowest BCUT2D eigenvalue weighted by molar-refractivity contribution is 0.165. The van der Waals surface area contributed by atoms with Gasteiger partial charge in [-0.1, -0.05) is 24.3 Å². The van der Waals surface area contributed by atoms with Gasteiger partial charge in [-0.05, 0) is 18.1 Å². The van der Waals surface area contributed by atoms with Gasteiger partial charge < -0.3 is 10.4 Å². The number of aryl methyl sites for hydroxylation is 1. The van der Waals surface area contributed by atoms with Crippen molar-refractivity contribution in [1.29, 1.82) is 0 Å². The molecule has 1 aliphatic rings. The van der Waals surface area contributed by atoms with Crippen molar-refractivity contribution in [2.45, 2.75) is 25.6 Å². The fraction of sp³-hybridized carbons (Fsp3) is 0.500. The largest absolute Gasteiger partial charge is 0.390 e. The summed E-state index contributed by atoms with van der Waals surface area (Å²) in [7, 11) is -3.07. The lowest BCUT2D eigenvalue weighted by Crippen LogP contribution is -2.38. The topological polar surface area (TPSA) is 66.4 Å². The summed E-state index contributed by atoms with van der Waals surface area (Å²) in [4.78, 5) is 0. The second-order valence-corrected chi connectivity index (χ2v) is 6.71. The van der Waals surface area contributed by atoms with Crippen molar-refractivity contribution < 1.29 is 13.5 Å². The van der Waals surface area contributed by atoms with Crippen molar-refractivity contribution >= 4 is 9.84 Å². The third-order valence-electron chi connectivity index (χ3n) is 3.14. The molecule has 1 saturated heterocycles. The van der Waals surface area contributed by atoms with Crippen LogP contribution in [-0.4, -0.2) is 37.2 Å². The molecule has 0 bridgehead atoms. The zero-order chi connectivity index (χ0) is 12.5. The Labute approximate surface area is 102 Å². The van der Waals surface area contributed by atoms with E-state index in [2.05, 4.69) is 5.32 Å². The predicted octanol–water partition coefficient (Wildman–Crippen LogP) is 0.243. The maximum Gasteiger partial charge on any atom is 0.154 e. The van der Waals surface area contributed by atoms with E-state index in [1.165, 1.54) is 0 Å². The molecule has 0 saturated carbocycles. The van der Waals surface area contributed by atoms with Crippen molar-refractivity contribution in [2.75, 3.05) is 11.5 Å². The van der Waals surface area contributed by atoms with Crippen molar-refractivity contribution in [3.63, 3.8) is 0 Å². The molecule has 17 heavy (non-hydrogen) atoms. The predicted molar refractivity (Wildman–Crippen MR) is 66.5 cm³/mol. The van der Waals surface area contributed by atoms with Crippen molar-refractivity contribution in [3.05, 3.63) is 35.4 Å². The molecule has 0 amide bonds. The molecule has 1 aromatic rings. The van der Waals surface area contributed by atoms with E-state index in [-0.39, 0.29) is 17.5 Å². The van der Waals surface area contributed by atoms with E-state index < -0.39 is 15.9 Å². The van der Waals surface area contributed by atoms with Gasteiger partial charge in [0.2, 0.25) is 0 Å². The van der Waals surface area contributed by atoms with Gasteiger partial charge in [-0.3, -0.25) is 0 Å². The highest BCUT2D eigenvalue weighted by Gasteiger charge is 2.35. The highest BCUT2D eigenvalue weighted by atomic mass is 32.2. The average Bonchev–Trinajstić information content (AvgIpc) is 2.51. The minimum atomic E-state index is -3.07. The molecule has 1 heterocycles. The van der Waals surface area contributed by atoms with Crippen LogP contribution in [0, 0.1) is 6.92 Å². The molecular weight excluding hydrogens is 238 g/mol. The van der Waals surface area contributed by atoms with Gasteiger partial charge in [0, 0.05) is 12.6 Å². The van der Waals surface area contributed by atoms with Crippen molar-refractivity contribution in [3.8, 4) is 0 Å². The fourth-order valence-corrected chi connectivity index (χ4v) is 3.85. The van der Waals surface area contributed by atoms with E-state index >= 15 is 0 Å². The molecule has 0 aromatic heterocycles. The van der Waals surface area contributed by atoms with Crippen LogP contribution in [0.4, 0.5) is 0 Å². The Morgan fingerprint density at radius 3 is 2.65 bits per heavy atom. The van der Waals surface area contributed by atoms with Gasteiger partial charge >= 0.3 is 0 Å².